The molecule has 9 nitrogen and oxygen atoms in total. The number of carbonyl (C=O) groups excluding carboxylic acids is 2. The van der Waals surface area contributed by atoms with Gasteiger partial charge in [0.25, 0.3) is 11.5 Å². The number of rotatable bonds is 9. The summed E-state index contributed by atoms with van der Waals surface area (Å²) in [4.78, 5) is 44.4. The Morgan fingerprint density at radius 2 is 2.06 bits per heavy atom. The fraction of sp³-hybridized carbons (Fsp3) is 0.478. The van der Waals surface area contributed by atoms with Crippen molar-refractivity contribution in [2.45, 2.75) is 39.2 Å². The van der Waals surface area contributed by atoms with Crippen molar-refractivity contribution in [3.63, 3.8) is 0 Å². The van der Waals surface area contributed by atoms with Crippen LogP contribution in [-0.4, -0.2) is 64.0 Å². The molecule has 3 aromatic rings. The number of amides is 2. The van der Waals surface area contributed by atoms with Crippen molar-refractivity contribution < 1.29 is 14.3 Å². The zero-order chi connectivity index (χ0) is 22.7. The molecule has 0 spiro atoms. The summed E-state index contributed by atoms with van der Waals surface area (Å²) < 4.78 is 8.50. The molecule has 0 unspecified atom stereocenters. The summed E-state index contributed by atoms with van der Waals surface area (Å²) in [6, 6.07) is 5.35. The van der Waals surface area contributed by atoms with Crippen LogP contribution in [0.2, 0.25) is 0 Å². The third kappa shape index (κ3) is 4.25. The summed E-state index contributed by atoms with van der Waals surface area (Å²) in [7, 11) is 1.63. The predicted molar refractivity (Wildman–Crippen MR) is 121 cm³/mol. The van der Waals surface area contributed by atoms with E-state index in [2.05, 4.69) is 5.32 Å². The van der Waals surface area contributed by atoms with Crippen molar-refractivity contribution in [1.29, 1.82) is 0 Å². The van der Waals surface area contributed by atoms with E-state index < -0.39 is 0 Å². The van der Waals surface area contributed by atoms with E-state index in [9.17, 15) is 14.4 Å². The first-order valence-electron chi connectivity index (χ1n) is 11.1. The number of fused-ring (bicyclic) bond motifs is 2. The number of ether oxygens (including phenoxy) is 1. The molecule has 1 aliphatic rings. The van der Waals surface area contributed by atoms with Gasteiger partial charge in [-0.25, -0.2) is 4.98 Å². The maximum absolute atomic E-state index is 13.1. The number of aromatic nitrogens is 3. The Labute approximate surface area is 186 Å². The molecule has 0 radical (unpaired) electrons. The molecule has 170 valence electrons. The van der Waals surface area contributed by atoms with Crippen molar-refractivity contribution in [3.05, 3.63) is 46.0 Å². The summed E-state index contributed by atoms with van der Waals surface area (Å²) in [6.07, 6.45) is 4.59. The minimum atomic E-state index is -0.252. The van der Waals surface area contributed by atoms with Gasteiger partial charge in [0.15, 0.2) is 0 Å². The average molecular weight is 440 g/mol. The van der Waals surface area contributed by atoms with Crippen molar-refractivity contribution in [2.75, 3.05) is 33.4 Å². The highest BCUT2D eigenvalue weighted by Gasteiger charge is 2.21. The van der Waals surface area contributed by atoms with Gasteiger partial charge < -0.3 is 19.5 Å². The molecular weight excluding hydrogens is 410 g/mol. The van der Waals surface area contributed by atoms with E-state index in [1.54, 1.807) is 19.4 Å². The number of nitrogens with zero attached hydrogens (tertiary/aromatic N) is 4. The van der Waals surface area contributed by atoms with Gasteiger partial charge in [0.2, 0.25) is 5.91 Å². The molecule has 4 heterocycles. The van der Waals surface area contributed by atoms with Gasteiger partial charge in [0.1, 0.15) is 17.0 Å². The van der Waals surface area contributed by atoms with Gasteiger partial charge in [0, 0.05) is 52.5 Å². The molecule has 1 saturated heterocycles. The fourth-order valence-corrected chi connectivity index (χ4v) is 4.25. The number of carbonyl (C=O) groups is 2. The number of hydrogen-bond acceptors (Lipinski definition) is 5. The van der Waals surface area contributed by atoms with Gasteiger partial charge in [-0.1, -0.05) is 6.07 Å². The van der Waals surface area contributed by atoms with Crippen LogP contribution in [0.15, 0.2) is 29.2 Å². The Kier molecular flexibility index (Phi) is 6.55. The molecule has 4 rings (SSSR count). The Hall–Kier alpha value is -3.20. The second kappa shape index (κ2) is 9.52. The molecule has 0 bridgehead atoms. The fourth-order valence-electron chi connectivity index (χ4n) is 4.25. The van der Waals surface area contributed by atoms with Crippen LogP contribution >= 0.6 is 0 Å². The normalized spacial score (nSPS) is 14.1. The maximum atomic E-state index is 13.1. The molecule has 0 aromatic carbocycles. The highest BCUT2D eigenvalue weighted by atomic mass is 16.5. The average Bonchev–Trinajstić information content (AvgIpc) is 3.36. The first-order valence-corrected chi connectivity index (χ1v) is 11.1. The zero-order valence-corrected chi connectivity index (χ0v) is 18.6. The monoisotopic (exact) mass is 439 g/mol. The molecular formula is C23H29N5O4. The summed E-state index contributed by atoms with van der Waals surface area (Å²) in [6.45, 7) is 4.85. The van der Waals surface area contributed by atoms with E-state index in [0.29, 0.717) is 67.9 Å². The van der Waals surface area contributed by atoms with Crippen LogP contribution in [0.25, 0.3) is 16.7 Å². The first kappa shape index (κ1) is 22.0. The molecule has 1 aliphatic heterocycles. The molecule has 0 aliphatic carbocycles. The number of hydrogen-bond donors (Lipinski definition) is 1. The number of aryl methyl sites for hydroxylation is 2. The largest absolute Gasteiger partial charge is 0.385 e. The SMILES string of the molecule is COCCCn1c(C(=O)NCCCN2CCCC2=O)cc2c(=O)n3cccc(C)c3nc21. The summed E-state index contributed by atoms with van der Waals surface area (Å²) in [5, 5.41) is 3.35. The van der Waals surface area contributed by atoms with Crippen molar-refractivity contribution in [2.24, 2.45) is 0 Å². The van der Waals surface area contributed by atoms with E-state index in [1.165, 1.54) is 4.40 Å². The lowest BCUT2D eigenvalue weighted by molar-refractivity contribution is -0.127. The van der Waals surface area contributed by atoms with Crippen molar-refractivity contribution in [3.8, 4) is 0 Å². The number of pyridine rings is 1. The molecule has 2 amide bonds. The van der Waals surface area contributed by atoms with Crippen LogP contribution in [0.5, 0.6) is 0 Å². The second-order valence-corrected chi connectivity index (χ2v) is 8.16. The Bertz CT molecular complexity index is 1210. The van der Waals surface area contributed by atoms with Crippen LogP contribution in [0.3, 0.4) is 0 Å². The Balaban J connectivity index is 1.60. The van der Waals surface area contributed by atoms with E-state index >= 15 is 0 Å². The standard InChI is InChI=1S/C23H29N5O4/c1-16-7-3-12-28-20(16)25-21-17(23(28)31)15-18(27(21)13-6-14-32-2)22(30)24-9-5-11-26-10-4-8-19(26)29/h3,7,12,15H,4-6,8-11,13-14H2,1-2H3,(H,24,30). The topological polar surface area (TPSA) is 97.9 Å². The minimum Gasteiger partial charge on any atom is -0.385 e. The Morgan fingerprint density at radius 3 is 2.81 bits per heavy atom. The molecule has 9 heteroatoms. The summed E-state index contributed by atoms with van der Waals surface area (Å²) >= 11 is 0. The van der Waals surface area contributed by atoms with Gasteiger partial charge >= 0.3 is 0 Å². The van der Waals surface area contributed by atoms with Gasteiger partial charge in [-0.15, -0.1) is 0 Å². The molecule has 32 heavy (non-hydrogen) atoms. The lowest BCUT2D eigenvalue weighted by atomic mass is 10.3. The smallest absolute Gasteiger partial charge is 0.267 e. The lowest BCUT2D eigenvalue weighted by Gasteiger charge is -2.15. The summed E-state index contributed by atoms with van der Waals surface area (Å²) in [5.74, 6) is -0.0677. The minimum absolute atomic E-state index is 0.184. The second-order valence-electron chi connectivity index (χ2n) is 8.16. The first-order chi connectivity index (χ1) is 15.5. The third-order valence-corrected chi connectivity index (χ3v) is 5.92. The predicted octanol–water partition coefficient (Wildman–Crippen LogP) is 1.74. The molecule has 0 atom stereocenters. The van der Waals surface area contributed by atoms with Gasteiger partial charge in [-0.05, 0) is 43.9 Å². The van der Waals surface area contributed by atoms with E-state index in [4.69, 9.17) is 9.72 Å². The number of nitrogens with one attached hydrogen (secondary N) is 1. The zero-order valence-electron chi connectivity index (χ0n) is 18.6. The van der Waals surface area contributed by atoms with Crippen LogP contribution in [-0.2, 0) is 16.1 Å². The van der Waals surface area contributed by atoms with Crippen molar-refractivity contribution >= 4 is 28.5 Å². The third-order valence-electron chi connectivity index (χ3n) is 5.92. The highest BCUT2D eigenvalue weighted by Crippen LogP contribution is 2.18. The maximum Gasteiger partial charge on any atom is 0.267 e. The quantitative estimate of drug-likeness (QED) is 0.512. The van der Waals surface area contributed by atoms with E-state index in [-0.39, 0.29) is 17.4 Å². The van der Waals surface area contributed by atoms with Crippen LogP contribution < -0.4 is 10.9 Å². The van der Waals surface area contributed by atoms with Crippen LogP contribution in [0.1, 0.15) is 41.7 Å². The number of likely N-dealkylation sites (tertiary alicyclic amines) is 1. The van der Waals surface area contributed by atoms with Crippen LogP contribution in [0.4, 0.5) is 0 Å². The van der Waals surface area contributed by atoms with Gasteiger partial charge in [-0.2, -0.15) is 0 Å². The lowest BCUT2D eigenvalue weighted by Crippen LogP contribution is -2.31. The Morgan fingerprint density at radius 1 is 1.22 bits per heavy atom. The van der Waals surface area contributed by atoms with Crippen LogP contribution in [0, 0.1) is 6.92 Å². The molecule has 3 aromatic heterocycles. The molecule has 1 fully saturated rings. The van der Waals surface area contributed by atoms with Crippen molar-refractivity contribution in [1.82, 2.24) is 24.2 Å². The molecule has 1 N–H and O–H groups in total. The number of methoxy groups -OCH3 is 1. The molecule has 0 saturated carbocycles. The van der Waals surface area contributed by atoms with Gasteiger partial charge in [-0.3, -0.25) is 18.8 Å². The van der Waals surface area contributed by atoms with E-state index in [1.807, 2.05) is 28.5 Å². The highest BCUT2D eigenvalue weighted by molar-refractivity contribution is 5.98. The van der Waals surface area contributed by atoms with Gasteiger partial charge in [0.05, 0.1) is 5.39 Å². The van der Waals surface area contributed by atoms with E-state index in [0.717, 1.165) is 18.5 Å². The summed E-state index contributed by atoms with van der Waals surface area (Å²) in [5.41, 5.74) is 2.19.